The summed E-state index contributed by atoms with van der Waals surface area (Å²) in [6.45, 7) is 5.37. The van der Waals surface area contributed by atoms with Gasteiger partial charge in [-0.1, -0.05) is 0 Å². The molecule has 0 fully saturated rings. The zero-order valence-electron chi connectivity index (χ0n) is 14.3. The molecule has 0 aromatic carbocycles. The standard InChI is InChI=1S/C16H24N2O6/c1-16(2,3)24-15(22)17-8-7-12(19)13(20)11-6-5-10(9-18-11)14(21)23-4/h5-6,9,12-13,19-20H,7-8H2,1-4H3,(H,17,22). The fourth-order valence-electron chi connectivity index (χ4n) is 1.81. The van der Waals surface area contributed by atoms with Crippen molar-refractivity contribution in [1.82, 2.24) is 10.3 Å². The van der Waals surface area contributed by atoms with Crippen LogP contribution in [0.25, 0.3) is 0 Å². The highest BCUT2D eigenvalue weighted by atomic mass is 16.6. The number of aliphatic hydroxyl groups excluding tert-OH is 2. The number of amides is 1. The highest BCUT2D eigenvalue weighted by Crippen LogP contribution is 2.17. The maximum Gasteiger partial charge on any atom is 0.407 e. The molecular weight excluding hydrogens is 316 g/mol. The van der Waals surface area contributed by atoms with E-state index in [1.54, 1.807) is 20.8 Å². The summed E-state index contributed by atoms with van der Waals surface area (Å²) in [6, 6.07) is 2.88. The quantitative estimate of drug-likeness (QED) is 0.665. The second-order valence-corrected chi connectivity index (χ2v) is 6.19. The van der Waals surface area contributed by atoms with E-state index >= 15 is 0 Å². The third-order valence-corrected chi connectivity index (χ3v) is 2.98. The average molecular weight is 340 g/mol. The van der Waals surface area contributed by atoms with Crippen molar-refractivity contribution in [3.05, 3.63) is 29.6 Å². The van der Waals surface area contributed by atoms with Gasteiger partial charge in [0.25, 0.3) is 0 Å². The van der Waals surface area contributed by atoms with Crippen molar-refractivity contribution in [2.45, 2.75) is 45.0 Å². The third-order valence-electron chi connectivity index (χ3n) is 2.98. The van der Waals surface area contributed by atoms with E-state index in [-0.39, 0.29) is 24.2 Å². The van der Waals surface area contributed by atoms with Crippen LogP contribution in [-0.2, 0) is 9.47 Å². The van der Waals surface area contributed by atoms with Gasteiger partial charge in [0.2, 0.25) is 0 Å². The van der Waals surface area contributed by atoms with Gasteiger partial charge in [-0.3, -0.25) is 4.98 Å². The molecule has 1 aromatic rings. The number of pyridine rings is 1. The van der Waals surface area contributed by atoms with Crippen LogP contribution in [-0.4, -0.2) is 52.6 Å². The lowest BCUT2D eigenvalue weighted by atomic mass is 10.1. The molecule has 2 unspecified atom stereocenters. The molecule has 8 nitrogen and oxygen atoms in total. The Morgan fingerprint density at radius 2 is 1.96 bits per heavy atom. The summed E-state index contributed by atoms with van der Waals surface area (Å²) >= 11 is 0. The fraction of sp³-hybridized carbons (Fsp3) is 0.562. The minimum atomic E-state index is -1.24. The highest BCUT2D eigenvalue weighted by molar-refractivity contribution is 5.88. The second-order valence-electron chi connectivity index (χ2n) is 6.19. The number of methoxy groups -OCH3 is 1. The zero-order chi connectivity index (χ0) is 18.3. The molecule has 1 aromatic heterocycles. The molecule has 0 saturated carbocycles. The topological polar surface area (TPSA) is 118 Å². The van der Waals surface area contributed by atoms with Gasteiger partial charge in [-0.2, -0.15) is 0 Å². The summed E-state index contributed by atoms with van der Waals surface area (Å²) in [6.07, 6.45) is -1.59. The van der Waals surface area contributed by atoms with Crippen molar-refractivity contribution >= 4 is 12.1 Å². The SMILES string of the molecule is COC(=O)c1ccc(C(O)C(O)CCNC(=O)OC(C)(C)C)nc1. The van der Waals surface area contributed by atoms with E-state index in [9.17, 15) is 19.8 Å². The molecule has 24 heavy (non-hydrogen) atoms. The Balaban J connectivity index is 2.48. The van der Waals surface area contributed by atoms with Crippen LogP contribution in [0.1, 0.15) is 49.3 Å². The van der Waals surface area contributed by atoms with Gasteiger partial charge >= 0.3 is 12.1 Å². The molecule has 3 N–H and O–H groups in total. The number of esters is 1. The lowest BCUT2D eigenvalue weighted by Gasteiger charge is -2.21. The van der Waals surface area contributed by atoms with Crippen LogP contribution >= 0.6 is 0 Å². The molecular formula is C16H24N2O6. The largest absolute Gasteiger partial charge is 0.465 e. The van der Waals surface area contributed by atoms with Gasteiger partial charge in [-0.25, -0.2) is 9.59 Å². The molecule has 0 saturated heterocycles. The summed E-state index contributed by atoms with van der Waals surface area (Å²) in [7, 11) is 1.26. The van der Waals surface area contributed by atoms with Crippen molar-refractivity contribution in [2.75, 3.05) is 13.7 Å². The minimum Gasteiger partial charge on any atom is -0.465 e. The lowest BCUT2D eigenvalue weighted by Crippen LogP contribution is -2.34. The van der Waals surface area contributed by atoms with Crippen LogP contribution in [0.4, 0.5) is 4.79 Å². The lowest BCUT2D eigenvalue weighted by molar-refractivity contribution is 0.00991. The molecule has 0 aliphatic heterocycles. The molecule has 0 radical (unpaired) electrons. The first-order valence-electron chi connectivity index (χ1n) is 7.51. The molecule has 1 amide bonds. The van der Waals surface area contributed by atoms with E-state index in [0.29, 0.717) is 0 Å². The molecule has 1 heterocycles. The number of ether oxygens (including phenoxy) is 2. The normalized spacial score (nSPS) is 13.8. The Labute approximate surface area is 140 Å². The van der Waals surface area contributed by atoms with E-state index in [1.807, 2.05) is 0 Å². The van der Waals surface area contributed by atoms with E-state index in [1.165, 1.54) is 25.4 Å². The maximum absolute atomic E-state index is 11.5. The first-order chi connectivity index (χ1) is 11.1. The summed E-state index contributed by atoms with van der Waals surface area (Å²) in [5.41, 5.74) is -0.144. The number of alkyl carbamates (subject to hydrolysis) is 1. The predicted molar refractivity (Wildman–Crippen MR) is 85.4 cm³/mol. The minimum absolute atomic E-state index is 0.112. The van der Waals surface area contributed by atoms with Crippen LogP contribution in [0, 0.1) is 0 Å². The summed E-state index contributed by atoms with van der Waals surface area (Å²) < 4.78 is 9.61. The zero-order valence-corrected chi connectivity index (χ0v) is 14.3. The number of aromatic nitrogens is 1. The summed E-state index contributed by atoms with van der Waals surface area (Å²) in [4.78, 5) is 26.7. The molecule has 134 valence electrons. The van der Waals surface area contributed by atoms with Crippen LogP contribution in [0.2, 0.25) is 0 Å². The molecule has 2 atom stereocenters. The number of nitrogens with zero attached hydrogens (tertiary/aromatic N) is 1. The van der Waals surface area contributed by atoms with Crippen LogP contribution in [0.15, 0.2) is 18.3 Å². The highest BCUT2D eigenvalue weighted by Gasteiger charge is 2.21. The van der Waals surface area contributed by atoms with Gasteiger partial charge in [0.15, 0.2) is 0 Å². The predicted octanol–water partition coefficient (Wildman–Crippen LogP) is 1.18. The molecule has 8 heteroatoms. The Bertz CT molecular complexity index is 553. The van der Waals surface area contributed by atoms with Gasteiger partial charge in [-0.15, -0.1) is 0 Å². The van der Waals surface area contributed by atoms with Gasteiger partial charge < -0.3 is 25.0 Å². The monoisotopic (exact) mass is 340 g/mol. The van der Waals surface area contributed by atoms with Gasteiger partial charge in [-0.05, 0) is 39.3 Å². The van der Waals surface area contributed by atoms with E-state index in [4.69, 9.17) is 4.74 Å². The van der Waals surface area contributed by atoms with Crippen molar-refractivity contribution < 1.29 is 29.3 Å². The molecule has 0 spiro atoms. The van der Waals surface area contributed by atoms with Crippen molar-refractivity contribution in [1.29, 1.82) is 0 Å². The number of carbonyl (C=O) groups excluding carboxylic acids is 2. The van der Waals surface area contributed by atoms with Crippen molar-refractivity contribution in [3.63, 3.8) is 0 Å². The van der Waals surface area contributed by atoms with Gasteiger partial charge in [0.05, 0.1) is 24.5 Å². The van der Waals surface area contributed by atoms with Crippen molar-refractivity contribution in [2.24, 2.45) is 0 Å². The Hall–Kier alpha value is -2.19. The number of hydrogen-bond donors (Lipinski definition) is 3. The van der Waals surface area contributed by atoms with E-state index < -0.39 is 29.9 Å². The Kier molecular flexibility index (Phi) is 7.12. The summed E-state index contributed by atoms with van der Waals surface area (Å²) in [5.74, 6) is -0.536. The van der Waals surface area contributed by atoms with Crippen LogP contribution in [0.5, 0.6) is 0 Å². The van der Waals surface area contributed by atoms with Gasteiger partial charge in [0.1, 0.15) is 11.7 Å². The van der Waals surface area contributed by atoms with E-state index in [0.717, 1.165) is 0 Å². The third kappa shape index (κ3) is 6.51. The number of aliphatic hydroxyl groups is 2. The second kappa shape index (κ2) is 8.60. The number of rotatable bonds is 6. The molecule has 0 bridgehead atoms. The first-order valence-corrected chi connectivity index (χ1v) is 7.51. The van der Waals surface area contributed by atoms with E-state index in [2.05, 4.69) is 15.0 Å². The molecule has 1 rings (SSSR count). The summed E-state index contributed by atoms with van der Waals surface area (Å²) in [5, 5.41) is 22.5. The molecule has 0 aliphatic rings. The van der Waals surface area contributed by atoms with Crippen LogP contribution < -0.4 is 5.32 Å². The fourth-order valence-corrected chi connectivity index (χ4v) is 1.81. The first kappa shape index (κ1) is 19.9. The Morgan fingerprint density at radius 3 is 2.46 bits per heavy atom. The Morgan fingerprint density at radius 1 is 1.29 bits per heavy atom. The number of nitrogens with one attached hydrogen (secondary N) is 1. The van der Waals surface area contributed by atoms with Crippen LogP contribution in [0.3, 0.4) is 0 Å². The smallest absolute Gasteiger partial charge is 0.407 e. The average Bonchev–Trinajstić information content (AvgIpc) is 2.51. The maximum atomic E-state index is 11.5. The van der Waals surface area contributed by atoms with Crippen molar-refractivity contribution in [3.8, 4) is 0 Å². The number of carbonyl (C=O) groups is 2. The number of hydrogen-bond acceptors (Lipinski definition) is 7. The molecule has 0 aliphatic carbocycles. The van der Waals surface area contributed by atoms with Gasteiger partial charge in [0, 0.05) is 12.7 Å².